The van der Waals surface area contributed by atoms with E-state index in [1.54, 1.807) is 16.7 Å². The molecule has 1 saturated heterocycles. The number of aryl methyl sites for hydroxylation is 2. The van der Waals surface area contributed by atoms with Crippen molar-refractivity contribution in [2.24, 2.45) is 0 Å². The second-order valence-corrected chi connectivity index (χ2v) is 8.25. The van der Waals surface area contributed by atoms with E-state index in [4.69, 9.17) is 9.47 Å². The average Bonchev–Trinajstić information content (AvgIpc) is 3.38. The van der Waals surface area contributed by atoms with E-state index >= 15 is 0 Å². The number of nitrogens with zero attached hydrogens (tertiary/aromatic N) is 2. The summed E-state index contributed by atoms with van der Waals surface area (Å²) in [5, 5.41) is 0. The molecule has 0 radical (unpaired) electrons. The number of rotatable bonds is 9. The minimum Gasteiger partial charge on any atom is -0.454 e. The summed E-state index contributed by atoms with van der Waals surface area (Å²) in [4.78, 5) is 25.5. The maximum Gasteiger partial charge on any atom is 0.250 e. The Labute approximate surface area is 177 Å². The SMILES string of the molecule is CCCCc1cc(C2CC(CCn3ccccc3=O)N(CC=O)C2)cc2c1OCO2. The van der Waals surface area contributed by atoms with Gasteiger partial charge in [-0.3, -0.25) is 9.69 Å². The van der Waals surface area contributed by atoms with Gasteiger partial charge in [-0.25, -0.2) is 0 Å². The van der Waals surface area contributed by atoms with Crippen molar-refractivity contribution >= 4 is 6.29 Å². The lowest BCUT2D eigenvalue weighted by molar-refractivity contribution is -0.109. The highest BCUT2D eigenvalue weighted by Crippen LogP contribution is 2.42. The molecule has 0 bridgehead atoms. The van der Waals surface area contributed by atoms with Crippen molar-refractivity contribution in [1.29, 1.82) is 0 Å². The minimum atomic E-state index is 0.0188. The first kappa shape index (κ1) is 20.7. The highest BCUT2D eigenvalue weighted by molar-refractivity contribution is 5.53. The summed E-state index contributed by atoms with van der Waals surface area (Å²) in [6.45, 7) is 4.42. The first-order valence-electron chi connectivity index (χ1n) is 10.9. The van der Waals surface area contributed by atoms with Crippen molar-refractivity contribution in [2.45, 2.75) is 57.5 Å². The van der Waals surface area contributed by atoms with Crippen molar-refractivity contribution in [3.8, 4) is 11.5 Å². The Morgan fingerprint density at radius 3 is 2.93 bits per heavy atom. The first-order chi connectivity index (χ1) is 14.7. The average molecular weight is 411 g/mol. The van der Waals surface area contributed by atoms with Crippen LogP contribution in [-0.2, 0) is 17.8 Å². The van der Waals surface area contributed by atoms with Crippen LogP contribution in [0.25, 0.3) is 0 Å². The third kappa shape index (κ3) is 4.43. The van der Waals surface area contributed by atoms with Crippen LogP contribution in [0.5, 0.6) is 11.5 Å². The lowest BCUT2D eigenvalue weighted by Crippen LogP contribution is -2.33. The van der Waals surface area contributed by atoms with Gasteiger partial charge >= 0.3 is 0 Å². The first-order valence-corrected chi connectivity index (χ1v) is 10.9. The molecular weight excluding hydrogens is 380 g/mol. The van der Waals surface area contributed by atoms with Gasteiger partial charge in [0.05, 0.1) is 6.54 Å². The second kappa shape index (κ2) is 9.47. The van der Waals surface area contributed by atoms with Crippen LogP contribution in [0.4, 0.5) is 0 Å². The normalized spacial score (nSPS) is 20.6. The van der Waals surface area contributed by atoms with E-state index in [9.17, 15) is 9.59 Å². The number of aldehydes is 1. The molecule has 1 fully saturated rings. The van der Waals surface area contributed by atoms with E-state index in [0.717, 1.165) is 56.4 Å². The Morgan fingerprint density at radius 1 is 1.23 bits per heavy atom. The van der Waals surface area contributed by atoms with Crippen LogP contribution in [0.3, 0.4) is 0 Å². The number of carbonyl (C=O) groups is 1. The van der Waals surface area contributed by atoms with Gasteiger partial charge in [-0.15, -0.1) is 0 Å². The third-order valence-corrected chi connectivity index (χ3v) is 6.28. The lowest BCUT2D eigenvalue weighted by atomic mass is 9.92. The van der Waals surface area contributed by atoms with Gasteiger partial charge in [-0.05, 0) is 54.9 Å². The number of aromatic nitrogens is 1. The minimum absolute atomic E-state index is 0.0188. The molecule has 0 saturated carbocycles. The Bertz CT molecular complexity index is 939. The molecule has 2 unspecified atom stereocenters. The predicted octanol–water partition coefficient (Wildman–Crippen LogP) is 3.37. The van der Waals surface area contributed by atoms with Crippen molar-refractivity contribution in [3.63, 3.8) is 0 Å². The van der Waals surface area contributed by atoms with Crippen molar-refractivity contribution in [2.75, 3.05) is 19.9 Å². The van der Waals surface area contributed by atoms with Crippen LogP contribution in [0.2, 0.25) is 0 Å². The summed E-state index contributed by atoms with van der Waals surface area (Å²) in [6.07, 6.45) is 7.88. The van der Waals surface area contributed by atoms with Gasteiger partial charge in [0.15, 0.2) is 11.5 Å². The van der Waals surface area contributed by atoms with Gasteiger partial charge in [-0.1, -0.05) is 25.5 Å². The number of benzene rings is 1. The van der Waals surface area contributed by atoms with Gasteiger partial charge in [0, 0.05) is 31.4 Å². The lowest BCUT2D eigenvalue weighted by Gasteiger charge is -2.22. The highest BCUT2D eigenvalue weighted by Gasteiger charge is 2.33. The summed E-state index contributed by atoms with van der Waals surface area (Å²) in [7, 11) is 0. The summed E-state index contributed by atoms with van der Waals surface area (Å²) < 4.78 is 13.2. The highest BCUT2D eigenvalue weighted by atomic mass is 16.7. The summed E-state index contributed by atoms with van der Waals surface area (Å²) >= 11 is 0. The Hall–Kier alpha value is -2.60. The fourth-order valence-electron chi connectivity index (χ4n) is 4.67. The number of pyridine rings is 1. The van der Waals surface area contributed by atoms with Crippen molar-refractivity contribution in [3.05, 3.63) is 58.0 Å². The Morgan fingerprint density at radius 2 is 2.13 bits per heavy atom. The number of fused-ring (bicyclic) bond motifs is 1. The largest absolute Gasteiger partial charge is 0.454 e. The number of carbonyl (C=O) groups excluding carboxylic acids is 1. The van der Waals surface area contributed by atoms with Gasteiger partial charge < -0.3 is 18.8 Å². The van der Waals surface area contributed by atoms with Gasteiger partial charge in [0.25, 0.3) is 0 Å². The molecule has 0 N–H and O–H groups in total. The quantitative estimate of drug-likeness (QED) is 0.593. The standard InChI is InChI=1S/C24H30N2O4/c1-2-3-6-18-13-19(15-22-24(18)30-17-29-22)20-14-21(26(16-20)11-12-27)8-10-25-9-5-4-7-23(25)28/h4-5,7,9,12-13,15,20-21H,2-3,6,8,10-11,14,16-17H2,1H3. The Kier molecular flexibility index (Phi) is 6.53. The molecule has 30 heavy (non-hydrogen) atoms. The summed E-state index contributed by atoms with van der Waals surface area (Å²) in [6, 6.07) is 9.90. The molecule has 1 aromatic heterocycles. The molecule has 3 heterocycles. The molecule has 2 atom stereocenters. The van der Waals surface area contributed by atoms with E-state index in [0.29, 0.717) is 19.0 Å². The van der Waals surface area contributed by atoms with Crippen LogP contribution in [-0.4, -0.2) is 41.7 Å². The number of likely N-dealkylation sites (tertiary alicyclic amines) is 1. The number of hydrogen-bond donors (Lipinski definition) is 0. The monoisotopic (exact) mass is 410 g/mol. The van der Waals surface area contributed by atoms with E-state index in [-0.39, 0.29) is 18.4 Å². The molecule has 2 aromatic rings. The predicted molar refractivity (Wildman–Crippen MR) is 115 cm³/mol. The molecular formula is C24H30N2O4. The van der Waals surface area contributed by atoms with Gasteiger partial charge in [-0.2, -0.15) is 0 Å². The molecule has 2 aliphatic rings. The fraction of sp³-hybridized carbons (Fsp3) is 0.500. The number of unbranched alkanes of at least 4 members (excludes halogenated alkanes) is 1. The molecule has 4 rings (SSSR count). The maximum absolute atomic E-state index is 12.0. The van der Waals surface area contributed by atoms with Crippen LogP contribution in [0.15, 0.2) is 41.3 Å². The molecule has 0 aliphatic carbocycles. The van der Waals surface area contributed by atoms with Gasteiger partial charge in [0.1, 0.15) is 6.29 Å². The van der Waals surface area contributed by atoms with Crippen molar-refractivity contribution in [1.82, 2.24) is 9.47 Å². The fourth-order valence-corrected chi connectivity index (χ4v) is 4.67. The smallest absolute Gasteiger partial charge is 0.250 e. The van der Waals surface area contributed by atoms with Crippen LogP contribution in [0, 0.1) is 0 Å². The molecule has 0 amide bonds. The number of ether oxygens (including phenoxy) is 2. The zero-order valence-electron chi connectivity index (χ0n) is 17.6. The van der Waals surface area contributed by atoms with E-state index in [1.165, 1.54) is 11.1 Å². The zero-order chi connectivity index (χ0) is 20.9. The zero-order valence-corrected chi connectivity index (χ0v) is 17.6. The molecule has 6 heteroatoms. The van der Waals surface area contributed by atoms with E-state index < -0.39 is 0 Å². The van der Waals surface area contributed by atoms with E-state index in [1.807, 2.05) is 12.3 Å². The van der Waals surface area contributed by atoms with Gasteiger partial charge in [0.2, 0.25) is 12.4 Å². The van der Waals surface area contributed by atoms with Crippen LogP contribution >= 0.6 is 0 Å². The molecule has 2 aliphatic heterocycles. The number of hydrogen-bond acceptors (Lipinski definition) is 5. The maximum atomic E-state index is 12.0. The molecule has 0 spiro atoms. The molecule has 6 nitrogen and oxygen atoms in total. The van der Waals surface area contributed by atoms with E-state index in [2.05, 4.69) is 24.0 Å². The third-order valence-electron chi connectivity index (χ3n) is 6.28. The van der Waals surface area contributed by atoms with Crippen LogP contribution < -0.4 is 15.0 Å². The topological polar surface area (TPSA) is 60.8 Å². The van der Waals surface area contributed by atoms with Crippen LogP contribution in [0.1, 0.15) is 49.7 Å². The molecule has 1 aromatic carbocycles. The molecule has 160 valence electrons. The Balaban J connectivity index is 1.51. The summed E-state index contributed by atoms with van der Waals surface area (Å²) in [5.74, 6) is 2.09. The summed E-state index contributed by atoms with van der Waals surface area (Å²) in [5.41, 5.74) is 2.51. The van der Waals surface area contributed by atoms with Crippen molar-refractivity contribution < 1.29 is 14.3 Å². The second-order valence-electron chi connectivity index (χ2n) is 8.25.